The number of thiazole rings is 2. The molecule has 4 N–H and O–H groups in total. The van der Waals surface area contributed by atoms with E-state index >= 15 is 0 Å². The van der Waals surface area contributed by atoms with Crippen molar-refractivity contribution in [2.45, 2.75) is 6.92 Å². The van der Waals surface area contributed by atoms with E-state index in [4.69, 9.17) is 19.3 Å². The smallest absolute Gasteiger partial charge is 0.360 e. The molecule has 18 heteroatoms. The summed E-state index contributed by atoms with van der Waals surface area (Å²) in [6.45, 7) is 1.14. The van der Waals surface area contributed by atoms with Crippen LogP contribution in [-0.2, 0) is 9.53 Å². The minimum Gasteiger partial charge on any atom is -0.504 e. The van der Waals surface area contributed by atoms with Crippen LogP contribution >= 0.6 is 22.7 Å². The van der Waals surface area contributed by atoms with E-state index in [9.17, 15) is 35.1 Å². The van der Waals surface area contributed by atoms with Gasteiger partial charge >= 0.3 is 11.9 Å². The normalized spacial score (nSPS) is 10.4. The summed E-state index contributed by atoms with van der Waals surface area (Å²) in [5.74, 6) is -2.45. The van der Waals surface area contributed by atoms with Gasteiger partial charge in [0.2, 0.25) is 0 Å². The number of esters is 1. The topological polar surface area (TPSA) is 251 Å². The Hall–Kier alpha value is -6.89. The summed E-state index contributed by atoms with van der Waals surface area (Å²) in [5, 5.41) is 51.3. The van der Waals surface area contributed by atoms with Crippen molar-refractivity contribution in [2.24, 2.45) is 0 Å². The number of aromatic hydroxyl groups is 2. The number of fused-ring (bicyclic) bond motifs is 2. The number of methoxy groups -OCH3 is 2. The SMILES string of the molecule is CCOC(=O)c1nc(C#N)c2nc(-c3cccc(OC)c3)sc2c1O.COc1cccc(-c2nc3c(C#N)nc(C(=O)NCC(=O)O)c(O)c3s2)c1. The van der Waals surface area contributed by atoms with Crippen molar-refractivity contribution in [2.75, 3.05) is 27.4 Å². The highest BCUT2D eigenvalue weighted by atomic mass is 32.1. The number of pyridine rings is 2. The van der Waals surface area contributed by atoms with E-state index < -0.39 is 35.8 Å². The lowest BCUT2D eigenvalue weighted by Gasteiger charge is -2.05. The summed E-state index contributed by atoms with van der Waals surface area (Å²) in [6.07, 6.45) is 0. The zero-order valence-electron chi connectivity index (χ0n) is 27.3. The number of aliphatic carboxylic acids is 1. The Morgan fingerprint density at radius 2 is 1.27 bits per heavy atom. The van der Waals surface area contributed by atoms with Gasteiger partial charge in [0.1, 0.15) is 60.6 Å². The van der Waals surface area contributed by atoms with Gasteiger partial charge in [0, 0.05) is 11.1 Å². The molecule has 0 radical (unpaired) electrons. The largest absolute Gasteiger partial charge is 0.504 e. The average molecular weight is 740 g/mol. The minimum absolute atomic E-state index is 0.0405. The third-order valence-corrected chi connectivity index (χ3v) is 9.18. The first-order valence-corrected chi connectivity index (χ1v) is 16.5. The number of hydrogen-bond acceptors (Lipinski definition) is 16. The molecule has 6 rings (SSSR count). The number of aromatic nitrogens is 4. The number of nitrogens with zero attached hydrogens (tertiary/aromatic N) is 6. The lowest BCUT2D eigenvalue weighted by molar-refractivity contribution is -0.135. The zero-order chi connectivity index (χ0) is 37.5. The van der Waals surface area contributed by atoms with E-state index in [0.29, 0.717) is 31.8 Å². The van der Waals surface area contributed by atoms with E-state index in [2.05, 4.69) is 25.3 Å². The third kappa shape index (κ3) is 7.48. The molecular formula is C34H25N7O9S2. The number of carboxylic acids is 1. The number of carboxylic acid groups (broad SMARTS) is 1. The number of ether oxygens (including phenoxy) is 3. The Labute approximate surface area is 301 Å². The molecule has 0 unspecified atom stereocenters. The van der Waals surface area contributed by atoms with Crippen molar-refractivity contribution < 1.29 is 43.9 Å². The van der Waals surface area contributed by atoms with Crippen LogP contribution in [0.15, 0.2) is 48.5 Å². The monoisotopic (exact) mass is 739 g/mol. The fourth-order valence-electron chi connectivity index (χ4n) is 4.59. The molecule has 0 saturated carbocycles. The molecule has 0 spiro atoms. The summed E-state index contributed by atoms with van der Waals surface area (Å²) in [6, 6.07) is 18.1. The highest BCUT2D eigenvalue weighted by molar-refractivity contribution is 7.22. The molecule has 1 amide bonds. The standard InChI is InChI=1S/C17H12N4O5S.C17H13N3O4S/c1-26-9-4-2-3-8(5-9)17-21-12-10(6-18)20-13(14(24)15(12)27-17)16(25)19-7-11(22)23;1-3-24-17(22)13-14(21)15-12(11(8-18)19-13)20-16(25-15)9-5-4-6-10(7-9)23-2/h2-5,24H,7H2,1H3,(H,19,25)(H,22,23);4-7,21H,3H2,1-2H3. The van der Waals surface area contributed by atoms with Crippen LogP contribution in [0.2, 0.25) is 0 Å². The van der Waals surface area contributed by atoms with Gasteiger partial charge in [-0.1, -0.05) is 24.3 Å². The quantitative estimate of drug-likeness (QED) is 0.144. The Morgan fingerprint density at radius 3 is 1.71 bits per heavy atom. The lowest BCUT2D eigenvalue weighted by Crippen LogP contribution is -2.30. The molecule has 4 aromatic heterocycles. The van der Waals surface area contributed by atoms with Crippen molar-refractivity contribution in [1.82, 2.24) is 25.3 Å². The Balaban J connectivity index is 0.000000202. The molecule has 0 atom stereocenters. The number of hydrogen-bond donors (Lipinski definition) is 4. The Kier molecular flexibility index (Phi) is 11.0. The fraction of sp³-hybridized carbons (Fsp3) is 0.147. The maximum absolute atomic E-state index is 12.1. The first-order chi connectivity index (χ1) is 25.0. The molecule has 16 nitrogen and oxygen atoms in total. The Morgan fingerprint density at radius 1 is 0.788 bits per heavy atom. The number of amides is 1. The summed E-state index contributed by atoms with van der Waals surface area (Å²) < 4.78 is 15.8. The Bertz CT molecular complexity index is 2450. The first kappa shape index (κ1) is 36.4. The van der Waals surface area contributed by atoms with Gasteiger partial charge < -0.3 is 34.8 Å². The fourth-order valence-corrected chi connectivity index (χ4v) is 6.60. The second kappa shape index (κ2) is 15.8. The molecular weight excluding hydrogens is 715 g/mol. The second-order valence-electron chi connectivity index (χ2n) is 10.2. The lowest BCUT2D eigenvalue weighted by atomic mass is 10.2. The number of rotatable bonds is 9. The molecule has 2 aromatic carbocycles. The van der Waals surface area contributed by atoms with Gasteiger partial charge in [0.15, 0.2) is 34.3 Å². The molecule has 0 aliphatic heterocycles. The van der Waals surface area contributed by atoms with Gasteiger partial charge in [-0.3, -0.25) is 9.59 Å². The van der Waals surface area contributed by atoms with Crippen molar-refractivity contribution >= 4 is 61.0 Å². The maximum Gasteiger partial charge on any atom is 0.360 e. The predicted octanol–water partition coefficient (Wildman–Crippen LogP) is 4.88. The molecule has 4 heterocycles. The molecule has 0 bridgehead atoms. The highest BCUT2D eigenvalue weighted by Gasteiger charge is 2.25. The second-order valence-corrected chi connectivity index (χ2v) is 12.2. The van der Waals surface area contributed by atoms with E-state index in [1.807, 2.05) is 24.3 Å². The van der Waals surface area contributed by atoms with Crippen LogP contribution in [0, 0.1) is 22.7 Å². The summed E-state index contributed by atoms with van der Waals surface area (Å²) >= 11 is 2.24. The minimum atomic E-state index is -1.25. The summed E-state index contributed by atoms with van der Waals surface area (Å²) in [7, 11) is 3.09. The van der Waals surface area contributed by atoms with Gasteiger partial charge in [-0.2, -0.15) is 10.5 Å². The molecule has 6 aromatic rings. The van der Waals surface area contributed by atoms with Gasteiger partial charge in [-0.15, -0.1) is 22.7 Å². The van der Waals surface area contributed by atoms with E-state index in [1.54, 1.807) is 50.4 Å². The molecule has 0 aliphatic rings. The number of nitriles is 2. The van der Waals surface area contributed by atoms with Crippen LogP contribution in [-0.4, -0.2) is 80.5 Å². The summed E-state index contributed by atoms with van der Waals surface area (Å²) in [5.41, 5.74) is 0.975. The van der Waals surface area contributed by atoms with Crippen LogP contribution in [0.4, 0.5) is 0 Å². The maximum atomic E-state index is 12.1. The molecule has 262 valence electrons. The number of carbonyl (C=O) groups is 3. The van der Waals surface area contributed by atoms with Crippen LogP contribution in [0.1, 0.15) is 39.3 Å². The van der Waals surface area contributed by atoms with Crippen LogP contribution in [0.5, 0.6) is 23.0 Å². The van der Waals surface area contributed by atoms with Crippen molar-refractivity contribution in [3.05, 3.63) is 71.3 Å². The van der Waals surface area contributed by atoms with E-state index in [-0.39, 0.29) is 45.2 Å². The van der Waals surface area contributed by atoms with Crippen LogP contribution in [0.3, 0.4) is 0 Å². The van der Waals surface area contributed by atoms with E-state index in [0.717, 1.165) is 28.2 Å². The van der Waals surface area contributed by atoms with E-state index in [1.165, 1.54) is 7.11 Å². The predicted molar refractivity (Wildman–Crippen MR) is 187 cm³/mol. The molecule has 52 heavy (non-hydrogen) atoms. The average Bonchev–Trinajstić information content (AvgIpc) is 3.82. The van der Waals surface area contributed by atoms with Crippen molar-refractivity contribution in [3.63, 3.8) is 0 Å². The molecule has 0 aliphatic carbocycles. The molecule has 0 fully saturated rings. The first-order valence-electron chi connectivity index (χ1n) is 14.9. The van der Waals surface area contributed by atoms with Crippen molar-refractivity contribution in [3.8, 4) is 56.3 Å². The number of benzene rings is 2. The number of nitrogens with one attached hydrogen (secondary N) is 1. The highest BCUT2D eigenvalue weighted by Crippen LogP contribution is 2.40. The van der Waals surface area contributed by atoms with Crippen molar-refractivity contribution in [1.29, 1.82) is 10.5 Å². The third-order valence-electron chi connectivity index (χ3n) is 6.96. The molecule has 0 saturated heterocycles. The summed E-state index contributed by atoms with van der Waals surface area (Å²) in [4.78, 5) is 51.2. The zero-order valence-corrected chi connectivity index (χ0v) is 29.0. The van der Waals surface area contributed by atoms with Crippen LogP contribution < -0.4 is 14.8 Å². The van der Waals surface area contributed by atoms with Gasteiger partial charge in [-0.25, -0.2) is 24.7 Å². The van der Waals surface area contributed by atoms with Gasteiger partial charge in [0.05, 0.1) is 20.8 Å². The number of carbonyl (C=O) groups excluding carboxylic acids is 2. The van der Waals surface area contributed by atoms with Gasteiger partial charge in [0.25, 0.3) is 5.91 Å². The van der Waals surface area contributed by atoms with Crippen LogP contribution in [0.25, 0.3) is 41.6 Å². The van der Waals surface area contributed by atoms with Gasteiger partial charge in [-0.05, 0) is 31.2 Å².